The molecule has 0 radical (unpaired) electrons. The first-order valence-electron chi connectivity index (χ1n) is 6.98. The lowest BCUT2D eigenvalue weighted by Gasteiger charge is -2.04. The molecule has 0 fully saturated rings. The molecule has 128 valence electrons. The number of thioether (sulfide) groups is 1. The summed E-state index contributed by atoms with van der Waals surface area (Å²) in [6.07, 6.45) is -0.595. The van der Waals surface area contributed by atoms with Crippen LogP contribution in [0.2, 0.25) is 0 Å². The van der Waals surface area contributed by atoms with Crippen LogP contribution in [0, 0.1) is 5.82 Å². The van der Waals surface area contributed by atoms with Crippen LogP contribution in [0.5, 0.6) is 0 Å². The fourth-order valence-corrected chi connectivity index (χ4v) is 3.12. The molecular formula is C14H15FN4O3S2. The van der Waals surface area contributed by atoms with E-state index in [4.69, 9.17) is 4.74 Å². The minimum Gasteiger partial charge on any atom is -0.450 e. The molecule has 0 spiro atoms. The summed E-state index contributed by atoms with van der Waals surface area (Å²) in [4.78, 5) is 23.0. The Morgan fingerprint density at radius 1 is 1.29 bits per heavy atom. The van der Waals surface area contributed by atoms with Crippen LogP contribution in [0.15, 0.2) is 28.6 Å². The van der Waals surface area contributed by atoms with Crippen molar-refractivity contribution in [1.29, 1.82) is 0 Å². The van der Waals surface area contributed by atoms with Gasteiger partial charge in [0.1, 0.15) is 5.82 Å². The number of nitrogens with one attached hydrogen (secondary N) is 2. The maximum absolute atomic E-state index is 12.8. The Balaban J connectivity index is 1.72. The zero-order valence-corrected chi connectivity index (χ0v) is 14.4. The number of ether oxygens (including phenoxy) is 1. The predicted octanol–water partition coefficient (Wildman–Crippen LogP) is 2.65. The Labute approximate surface area is 146 Å². The van der Waals surface area contributed by atoms with Gasteiger partial charge >= 0.3 is 6.09 Å². The van der Waals surface area contributed by atoms with Crippen molar-refractivity contribution >= 4 is 40.2 Å². The summed E-state index contributed by atoms with van der Waals surface area (Å²) >= 11 is 2.36. The summed E-state index contributed by atoms with van der Waals surface area (Å²) in [5.74, 6) is -0.335. The normalized spacial score (nSPS) is 10.2. The van der Waals surface area contributed by atoms with E-state index < -0.39 is 6.09 Å². The van der Waals surface area contributed by atoms with Gasteiger partial charge in [-0.3, -0.25) is 10.1 Å². The molecule has 2 rings (SSSR count). The van der Waals surface area contributed by atoms with E-state index in [1.807, 2.05) is 0 Å². The van der Waals surface area contributed by atoms with Crippen LogP contribution in [0.4, 0.5) is 14.3 Å². The molecule has 10 heteroatoms. The van der Waals surface area contributed by atoms with Crippen LogP contribution in [0.1, 0.15) is 12.5 Å². The molecule has 0 atom stereocenters. The van der Waals surface area contributed by atoms with Crippen LogP contribution in [-0.4, -0.2) is 34.6 Å². The van der Waals surface area contributed by atoms with Crippen molar-refractivity contribution in [2.45, 2.75) is 17.8 Å². The van der Waals surface area contributed by atoms with Gasteiger partial charge in [0.05, 0.1) is 12.4 Å². The summed E-state index contributed by atoms with van der Waals surface area (Å²) in [5.41, 5.74) is 0.812. The first-order valence-corrected chi connectivity index (χ1v) is 8.78. The van der Waals surface area contributed by atoms with Crippen molar-refractivity contribution in [3.8, 4) is 0 Å². The van der Waals surface area contributed by atoms with E-state index in [1.165, 1.54) is 23.9 Å². The van der Waals surface area contributed by atoms with Crippen molar-refractivity contribution < 1.29 is 18.7 Å². The molecule has 1 aromatic carbocycles. The second-order valence-corrected chi connectivity index (χ2v) is 6.61. The molecule has 0 saturated heterocycles. The molecule has 0 aliphatic carbocycles. The Hall–Kier alpha value is -2.20. The molecule has 0 aliphatic rings. The smallest absolute Gasteiger partial charge is 0.413 e. The number of aromatic nitrogens is 2. The molecule has 0 aliphatic heterocycles. The number of amides is 2. The fraction of sp³-hybridized carbons (Fsp3) is 0.286. The number of benzene rings is 1. The summed E-state index contributed by atoms with van der Waals surface area (Å²) in [5, 5.41) is 13.1. The van der Waals surface area contributed by atoms with E-state index in [-0.39, 0.29) is 24.1 Å². The van der Waals surface area contributed by atoms with Gasteiger partial charge in [0, 0.05) is 6.54 Å². The van der Waals surface area contributed by atoms with Crippen LogP contribution in [0.25, 0.3) is 0 Å². The molecule has 1 heterocycles. The molecule has 2 aromatic rings. The first kappa shape index (κ1) is 18.1. The Bertz CT molecular complexity index is 694. The van der Waals surface area contributed by atoms with Gasteiger partial charge in [-0.1, -0.05) is 35.2 Å². The van der Waals surface area contributed by atoms with Crippen LogP contribution in [0.3, 0.4) is 0 Å². The highest BCUT2D eigenvalue weighted by Gasteiger charge is 2.10. The Kier molecular flexibility index (Phi) is 6.94. The molecule has 2 N–H and O–H groups in total. The number of carbonyl (C=O) groups excluding carboxylic acids is 2. The van der Waals surface area contributed by atoms with E-state index >= 15 is 0 Å². The maximum atomic E-state index is 12.8. The summed E-state index contributed by atoms with van der Waals surface area (Å²) in [6.45, 7) is 2.29. The van der Waals surface area contributed by atoms with Gasteiger partial charge in [-0.25, -0.2) is 9.18 Å². The second kappa shape index (κ2) is 9.18. The lowest BCUT2D eigenvalue weighted by atomic mass is 10.2. The standard InChI is InChI=1S/C14H15FN4O3S2/c1-2-22-13(21)17-12-18-19-14(24-12)23-8-11(20)16-7-9-3-5-10(15)6-4-9/h3-6H,2,7-8H2,1H3,(H,16,20)(H,17,18,21). The van der Waals surface area contributed by atoms with Crippen LogP contribution < -0.4 is 10.6 Å². The third-order valence-electron chi connectivity index (χ3n) is 2.62. The maximum Gasteiger partial charge on any atom is 0.413 e. The molecular weight excluding hydrogens is 355 g/mol. The number of rotatable bonds is 7. The van der Waals surface area contributed by atoms with Gasteiger partial charge in [0.25, 0.3) is 0 Å². The van der Waals surface area contributed by atoms with Crippen molar-refractivity contribution in [2.24, 2.45) is 0 Å². The van der Waals surface area contributed by atoms with E-state index in [9.17, 15) is 14.0 Å². The van der Waals surface area contributed by atoms with Crippen LogP contribution >= 0.6 is 23.1 Å². The van der Waals surface area contributed by atoms with Gasteiger partial charge in [0.2, 0.25) is 11.0 Å². The predicted molar refractivity (Wildman–Crippen MR) is 89.5 cm³/mol. The second-order valence-electron chi connectivity index (χ2n) is 4.41. The van der Waals surface area contributed by atoms with E-state index in [1.54, 1.807) is 19.1 Å². The molecule has 7 nitrogen and oxygen atoms in total. The van der Waals surface area contributed by atoms with Gasteiger partial charge in [-0.05, 0) is 24.6 Å². The average Bonchev–Trinajstić information content (AvgIpc) is 3.00. The zero-order chi connectivity index (χ0) is 17.4. The molecule has 0 bridgehead atoms. The fourth-order valence-electron chi connectivity index (χ4n) is 1.55. The van der Waals surface area contributed by atoms with E-state index in [0.29, 0.717) is 16.0 Å². The SMILES string of the molecule is CCOC(=O)Nc1nnc(SCC(=O)NCc2ccc(F)cc2)s1. The quantitative estimate of drug-likeness (QED) is 0.575. The van der Waals surface area contributed by atoms with Crippen LogP contribution in [-0.2, 0) is 16.1 Å². The zero-order valence-electron chi connectivity index (χ0n) is 12.7. The molecule has 2 amide bonds. The number of carbonyl (C=O) groups is 2. The highest BCUT2D eigenvalue weighted by Crippen LogP contribution is 2.25. The highest BCUT2D eigenvalue weighted by atomic mass is 32.2. The molecule has 0 saturated carbocycles. The molecule has 0 unspecified atom stereocenters. The number of nitrogens with zero attached hydrogens (tertiary/aromatic N) is 2. The largest absolute Gasteiger partial charge is 0.450 e. The van der Waals surface area contributed by atoms with Crippen molar-refractivity contribution in [3.63, 3.8) is 0 Å². The first-order chi connectivity index (χ1) is 11.6. The third kappa shape index (κ3) is 6.13. The number of hydrogen-bond donors (Lipinski definition) is 2. The lowest BCUT2D eigenvalue weighted by Crippen LogP contribution is -2.24. The Morgan fingerprint density at radius 2 is 2.04 bits per heavy atom. The van der Waals surface area contributed by atoms with Gasteiger partial charge in [-0.15, -0.1) is 10.2 Å². The average molecular weight is 370 g/mol. The number of anilines is 1. The number of halogens is 1. The van der Waals surface area contributed by atoms with Gasteiger partial charge in [-0.2, -0.15) is 0 Å². The summed E-state index contributed by atoms with van der Waals surface area (Å²) in [7, 11) is 0. The van der Waals surface area contributed by atoms with Crippen molar-refractivity contribution in [3.05, 3.63) is 35.6 Å². The lowest BCUT2D eigenvalue weighted by molar-refractivity contribution is -0.118. The molecule has 24 heavy (non-hydrogen) atoms. The van der Waals surface area contributed by atoms with Gasteiger partial charge < -0.3 is 10.1 Å². The minimum atomic E-state index is -0.595. The molecule has 1 aromatic heterocycles. The highest BCUT2D eigenvalue weighted by molar-refractivity contribution is 8.01. The minimum absolute atomic E-state index is 0.162. The third-order valence-corrected chi connectivity index (χ3v) is 4.59. The monoisotopic (exact) mass is 370 g/mol. The number of hydrogen-bond acceptors (Lipinski definition) is 7. The van der Waals surface area contributed by atoms with E-state index in [2.05, 4.69) is 20.8 Å². The topological polar surface area (TPSA) is 93.2 Å². The van der Waals surface area contributed by atoms with Crippen molar-refractivity contribution in [1.82, 2.24) is 15.5 Å². The van der Waals surface area contributed by atoms with Crippen molar-refractivity contribution in [2.75, 3.05) is 17.7 Å². The van der Waals surface area contributed by atoms with Gasteiger partial charge in [0.15, 0.2) is 4.34 Å². The Morgan fingerprint density at radius 3 is 2.75 bits per heavy atom. The summed E-state index contributed by atoms with van der Waals surface area (Å²) < 4.78 is 18.1. The van der Waals surface area contributed by atoms with E-state index in [0.717, 1.165) is 16.9 Å². The summed E-state index contributed by atoms with van der Waals surface area (Å²) in [6, 6.07) is 5.91.